The molecular weight excluding hydrogens is 601 g/mol. The molecule has 3 heterocycles. The van der Waals surface area contributed by atoms with E-state index in [4.69, 9.17) is 37.8 Å². The van der Waals surface area contributed by atoms with Gasteiger partial charge in [0.15, 0.2) is 5.69 Å². The first-order valence-electron chi connectivity index (χ1n) is 14.1. The first-order valence-corrected chi connectivity index (χ1v) is 14.8. The van der Waals surface area contributed by atoms with Crippen LogP contribution in [0, 0.1) is 0 Å². The van der Waals surface area contributed by atoms with E-state index >= 15 is 0 Å². The molecule has 0 fully saturated rings. The standard InChI is InChI=1S/C33H33Cl2N5O4/c1-20(27-8-6-7-15-36-27)37-31(41)29-25-19-39(32(42)44-33(2,3)4)18-22(16-21-9-12-24(43-5)13-10-21)30(25)40(38-29)28-14-11-23(34)17-26(28)35/h6-17,20H,18-19H2,1-5H3,(H,37,41)/t20-/m1/s1. The maximum absolute atomic E-state index is 13.9. The van der Waals surface area contributed by atoms with Crippen molar-refractivity contribution in [1.29, 1.82) is 0 Å². The fraction of sp³-hybridized carbons (Fsp3) is 0.273. The Balaban J connectivity index is 1.67. The average Bonchev–Trinajstić information content (AvgIpc) is 3.37. The molecule has 0 saturated heterocycles. The molecule has 2 aromatic heterocycles. The van der Waals surface area contributed by atoms with Crippen LogP contribution < -0.4 is 10.1 Å². The van der Waals surface area contributed by atoms with Gasteiger partial charge in [0.25, 0.3) is 5.91 Å². The number of nitrogens with one attached hydrogen (secondary N) is 1. The Bertz CT molecular complexity index is 1710. The molecule has 0 aliphatic carbocycles. The maximum atomic E-state index is 13.9. The zero-order chi connectivity index (χ0) is 31.6. The largest absolute Gasteiger partial charge is 0.497 e. The minimum absolute atomic E-state index is 0.0934. The number of fused-ring (bicyclic) bond motifs is 1. The van der Waals surface area contributed by atoms with E-state index in [1.807, 2.05) is 76.2 Å². The number of aromatic nitrogens is 3. The predicted octanol–water partition coefficient (Wildman–Crippen LogP) is 7.37. The Labute approximate surface area is 266 Å². The minimum Gasteiger partial charge on any atom is -0.497 e. The van der Waals surface area contributed by atoms with Gasteiger partial charge in [0.05, 0.1) is 48.3 Å². The van der Waals surface area contributed by atoms with E-state index in [1.54, 1.807) is 41.1 Å². The molecule has 44 heavy (non-hydrogen) atoms. The monoisotopic (exact) mass is 633 g/mol. The molecular formula is C33H33Cl2N5O4. The van der Waals surface area contributed by atoms with Crippen molar-refractivity contribution in [2.24, 2.45) is 0 Å². The van der Waals surface area contributed by atoms with Gasteiger partial charge in [-0.05, 0) is 87.4 Å². The Kier molecular flexibility index (Phi) is 8.99. The Morgan fingerprint density at radius 3 is 2.43 bits per heavy atom. The van der Waals surface area contributed by atoms with Gasteiger partial charge in [-0.25, -0.2) is 9.48 Å². The summed E-state index contributed by atoms with van der Waals surface area (Å²) in [6.07, 6.45) is 3.12. The third-order valence-electron chi connectivity index (χ3n) is 6.94. The number of carbonyl (C=O) groups excluding carboxylic acids is 2. The fourth-order valence-corrected chi connectivity index (χ4v) is 5.40. The number of hydrogen-bond donors (Lipinski definition) is 1. The molecule has 11 heteroatoms. The Hall–Kier alpha value is -4.34. The van der Waals surface area contributed by atoms with Gasteiger partial charge in [-0.1, -0.05) is 41.4 Å². The zero-order valence-electron chi connectivity index (χ0n) is 25.1. The van der Waals surface area contributed by atoms with Crippen LogP contribution in [-0.2, 0) is 11.3 Å². The highest BCUT2D eigenvalue weighted by Gasteiger charge is 2.36. The van der Waals surface area contributed by atoms with E-state index in [1.165, 1.54) is 0 Å². The van der Waals surface area contributed by atoms with Gasteiger partial charge in [0.1, 0.15) is 11.4 Å². The smallest absolute Gasteiger partial charge is 0.410 e. The highest BCUT2D eigenvalue weighted by atomic mass is 35.5. The van der Waals surface area contributed by atoms with Crippen LogP contribution in [0.2, 0.25) is 10.0 Å². The van der Waals surface area contributed by atoms with Gasteiger partial charge in [0.2, 0.25) is 0 Å². The van der Waals surface area contributed by atoms with Gasteiger partial charge in [-0.3, -0.25) is 14.7 Å². The van der Waals surface area contributed by atoms with Crippen molar-refractivity contribution in [3.8, 4) is 11.4 Å². The first-order chi connectivity index (χ1) is 20.9. The molecule has 0 unspecified atom stereocenters. The van der Waals surface area contributed by atoms with Crippen LogP contribution in [0.1, 0.15) is 66.7 Å². The summed E-state index contributed by atoms with van der Waals surface area (Å²) in [7, 11) is 1.61. The summed E-state index contributed by atoms with van der Waals surface area (Å²) in [6.45, 7) is 7.58. The van der Waals surface area contributed by atoms with E-state index in [2.05, 4.69) is 10.3 Å². The average molecular weight is 635 g/mol. The lowest BCUT2D eigenvalue weighted by Gasteiger charge is -2.32. The van der Waals surface area contributed by atoms with Crippen LogP contribution in [0.25, 0.3) is 17.3 Å². The van der Waals surface area contributed by atoms with Crippen LogP contribution in [0.15, 0.2) is 66.9 Å². The predicted molar refractivity (Wildman–Crippen MR) is 171 cm³/mol. The second kappa shape index (κ2) is 12.7. The van der Waals surface area contributed by atoms with Crippen molar-refractivity contribution in [3.63, 3.8) is 0 Å². The van der Waals surface area contributed by atoms with Gasteiger partial charge in [-0.2, -0.15) is 5.10 Å². The van der Waals surface area contributed by atoms with E-state index in [0.717, 1.165) is 11.1 Å². The molecule has 0 spiro atoms. The first kappa shape index (κ1) is 31.1. The normalized spacial score (nSPS) is 14.6. The summed E-state index contributed by atoms with van der Waals surface area (Å²) in [4.78, 5) is 33.2. The van der Waals surface area contributed by atoms with Crippen molar-refractivity contribution in [2.75, 3.05) is 13.7 Å². The van der Waals surface area contributed by atoms with E-state index in [9.17, 15) is 9.59 Å². The topological polar surface area (TPSA) is 98.6 Å². The molecule has 4 aromatic rings. The number of carbonyl (C=O) groups is 2. The Morgan fingerprint density at radius 2 is 1.80 bits per heavy atom. The summed E-state index contributed by atoms with van der Waals surface area (Å²) in [5.74, 6) is 0.295. The molecule has 0 radical (unpaired) electrons. The SMILES string of the molecule is COc1ccc(C=C2CN(C(=O)OC(C)(C)C)Cc3c(C(=O)N[C@H](C)c4ccccn4)nn(-c4ccc(Cl)cc4Cl)c32)cc1. The van der Waals surface area contributed by atoms with Crippen LogP contribution in [0.5, 0.6) is 5.75 Å². The van der Waals surface area contributed by atoms with Crippen LogP contribution in [0.4, 0.5) is 4.79 Å². The highest BCUT2D eigenvalue weighted by Crippen LogP contribution is 2.36. The number of ether oxygens (including phenoxy) is 2. The Morgan fingerprint density at radius 1 is 1.05 bits per heavy atom. The van der Waals surface area contributed by atoms with E-state index in [-0.39, 0.29) is 18.8 Å². The van der Waals surface area contributed by atoms with Gasteiger partial charge >= 0.3 is 6.09 Å². The summed E-state index contributed by atoms with van der Waals surface area (Å²) in [5.41, 5.74) is 3.49. The second-order valence-electron chi connectivity index (χ2n) is 11.4. The molecule has 1 aliphatic rings. The van der Waals surface area contributed by atoms with Crippen molar-refractivity contribution < 1.29 is 19.1 Å². The van der Waals surface area contributed by atoms with Gasteiger partial charge in [0, 0.05) is 16.8 Å². The second-order valence-corrected chi connectivity index (χ2v) is 12.3. The lowest BCUT2D eigenvalue weighted by molar-refractivity contribution is 0.0254. The summed E-state index contributed by atoms with van der Waals surface area (Å²) in [6, 6.07) is 17.7. The van der Waals surface area contributed by atoms with E-state index < -0.39 is 23.6 Å². The quantitative estimate of drug-likeness (QED) is 0.238. The van der Waals surface area contributed by atoms with Crippen LogP contribution in [0.3, 0.4) is 0 Å². The number of rotatable bonds is 6. The molecule has 5 rings (SSSR count). The van der Waals surface area contributed by atoms with Crippen molar-refractivity contribution in [2.45, 2.75) is 45.9 Å². The maximum Gasteiger partial charge on any atom is 0.410 e. The summed E-state index contributed by atoms with van der Waals surface area (Å²) >= 11 is 12.9. The highest BCUT2D eigenvalue weighted by molar-refractivity contribution is 6.35. The van der Waals surface area contributed by atoms with Crippen molar-refractivity contribution >= 4 is 46.9 Å². The fourth-order valence-electron chi connectivity index (χ4n) is 4.91. The number of benzene rings is 2. The van der Waals surface area contributed by atoms with Gasteiger partial charge in [-0.15, -0.1) is 0 Å². The molecule has 1 atom stereocenters. The molecule has 1 N–H and O–H groups in total. The van der Waals surface area contributed by atoms with Crippen LogP contribution in [-0.4, -0.2) is 50.9 Å². The van der Waals surface area contributed by atoms with Crippen molar-refractivity contribution in [1.82, 2.24) is 25.0 Å². The molecule has 0 bridgehead atoms. The van der Waals surface area contributed by atoms with Crippen molar-refractivity contribution in [3.05, 3.63) is 105 Å². The number of amides is 2. The number of pyridine rings is 1. The van der Waals surface area contributed by atoms with Gasteiger partial charge < -0.3 is 14.8 Å². The third-order valence-corrected chi connectivity index (χ3v) is 7.48. The summed E-state index contributed by atoms with van der Waals surface area (Å²) in [5, 5.41) is 8.64. The number of halogens is 2. The zero-order valence-corrected chi connectivity index (χ0v) is 26.6. The molecule has 9 nitrogen and oxygen atoms in total. The molecule has 0 saturated carbocycles. The van der Waals surface area contributed by atoms with Crippen LogP contribution >= 0.6 is 23.2 Å². The number of methoxy groups -OCH3 is 1. The molecule has 228 valence electrons. The minimum atomic E-state index is -0.712. The number of hydrogen-bond acceptors (Lipinski definition) is 6. The molecule has 2 amide bonds. The molecule has 2 aromatic carbocycles. The number of nitrogens with zero attached hydrogens (tertiary/aromatic N) is 4. The lowest BCUT2D eigenvalue weighted by Crippen LogP contribution is -2.40. The van der Waals surface area contributed by atoms with E-state index in [0.29, 0.717) is 38.4 Å². The summed E-state index contributed by atoms with van der Waals surface area (Å²) < 4.78 is 12.7. The lowest BCUT2D eigenvalue weighted by atomic mass is 9.97. The molecule has 1 aliphatic heterocycles. The third kappa shape index (κ3) is 6.90.